The van der Waals surface area contributed by atoms with Gasteiger partial charge in [-0.25, -0.2) is 17.7 Å². The van der Waals surface area contributed by atoms with Crippen molar-refractivity contribution in [1.29, 1.82) is 0 Å². The molecule has 0 amide bonds. The minimum absolute atomic E-state index is 0.514. The highest BCUT2D eigenvalue weighted by Crippen LogP contribution is 2.19. The Balaban J connectivity index is 1.80. The lowest BCUT2D eigenvalue weighted by Gasteiger charge is -2.30. The number of hydrogen-bond acceptors (Lipinski definition) is 4. The number of aryl methyl sites for hydroxylation is 1. The van der Waals surface area contributed by atoms with E-state index in [0.29, 0.717) is 19.0 Å². The zero-order valence-electron chi connectivity index (χ0n) is 11.5. The van der Waals surface area contributed by atoms with Gasteiger partial charge in [0.1, 0.15) is 5.82 Å². The molecule has 0 spiro atoms. The van der Waals surface area contributed by atoms with Gasteiger partial charge in [-0.05, 0) is 37.8 Å². The van der Waals surface area contributed by atoms with Gasteiger partial charge in [0.05, 0.1) is 6.26 Å². The fourth-order valence-electron chi connectivity index (χ4n) is 2.34. The zero-order valence-corrected chi connectivity index (χ0v) is 12.3. The fourth-order valence-corrected chi connectivity index (χ4v) is 3.21. The van der Waals surface area contributed by atoms with Gasteiger partial charge in [-0.15, -0.1) is 0 Å². The highest BCUT2D eigenvalue weighted by atomic mass is 32.2. The number of rotatable bonds is 4. The molecule has 5 nitrogen and oxygen atoms in total. The molecular formula is C13H21N3O2S. The molecule has 1 aliphatic heterocycles. The maximum atomic E-state index is 11.4. The van der Waals surface area contributed by atoms with Crippen molar-refractivity contribution < 1.29 is 8.42 Å². The average Bonchev–Trinajstić information content (AvgIpc) is 2.36. The first-order valence-corrected chi connectivity index (χ1v) is 8.42. The van der Waals surface area contributed by atoms with E-state index >= 15 is 0 Å². The lowest BCUT2D eigenvalue weighted by atomic mass is 9.98. The van der Waals surface area contributed by atoms with Crippen LogP contribution >= 0.6 is 0 Å². The number of piperidine rings is 1. The Morgan fingerprint density at radius 3 is 2.63 bits per heavy atom. The summed E-state index contributed by atoms with van der Waals surface area (Å²) in [7, 11) is -3.02. The van der Waals surface area contributed by atoms with Crippen LogP contribution < -0.4 is 5.32 Å². The summed E-state index contributed by atoms with van der Waals surface area (Å²) in [4.78, 5) is 4.39. The number of sulfonamides is 1. The molecule has 0 bridgehead atoms. The summed E-state index contributed by atoms with van der Waals surface area (Å²) in [5.41, 5.74) is 0.997. The third-order valence-corrected chi connectivity index (χ3v) is 4.81. The van der Waals surface area contributed by atoms with Crippen molar-refractivity contribution in [2.45, 2.75) is 19.8 Å². The number of nitrogens with one attached hydrogen (secondary N) is 1. The number of pyridine rings is 1. The molecule has 6 heteroatoms. The maximum absolute atomic E-state index is 11.4. The van der Waals surface area contributed by atoms with Crippen molar-refractivity contribution in [1.82, 2.24) is 9.29 Å². The monoisotopic (exact) mass is 283 g/mol. The number of hydrogen-bond donors (Lipinski definition) is 1. The average molecular weight is 283 g/mol. The molecule has 0 atom stereocenters. The van der Waals surface area contributed by atoms with Gasteiger partial charge in [0.25, 0.3) is 0 Å². The lowest BCUT2D eigenvalue weighted by Crippen LogP contribution is -2.39. The van der Waals surface area contributed by atoms with E-state index in [9.17, 15) is 8.42 Å². The molecule has 0 aliphatic carbocycles. The molecule has 1 aromatic rings. The van der Waals surface area contributed by atoms with Gasteiger partial charge in [0, 0.05) is 25.3 Å². The summed E-state index contributed by atoms with van der Waals surface area (Å²) < 4.78 is 24.4. The molecular weight excluding hydrogens is 262 g/mol. The normalized spacial score (nSPS) is 18.4. The minimum Gasteiger partial charge on any atom is -0.370 e. The molecule has 0 unspecified atom stereocenters. The Hall–Kier alpha value is -1.14. The summed E-state index contributed by atoms with van der Waals surface area (Å²) in [6, 6.07) is 5.91. The highest BCUT2D eigenvalue weighted by molar-refractivity contribution is 7.88. The third-order valence-electron chi connectivity index (χ3n) is 3.50. The predicted molar refractivity (Wildman–Crippen MR) is 76.6 cm³/mol. The van der Waals surface area contributed by atoms with E-state index in [-0.39, 0.29) is 0 Å². The molecule has 106 valence electrons. The zero-order chi connectivity index (χ0) is 13.9. The van der Waals surface area contributed by atoms with E-state index < -0.39 is 10.0 Å². The largest absolute Gasteiger partial charge is 0.370 e. The van der Waals surface area contributed by atoms with Crippen LogP contribution in [0.4, 0.5) is 5.82 Å². The summed E-state index contributed by atoms with van der Waals surface area (Å²) in [6.07, 6.45) is 3.10. The molecule has 1 aliphatic rings. The van der Waals surface area contributed by atoms with Crippen molar-refractivity contribution in [2.24, 2.45) is 5.92 Å². The summed E-state index contributed by atoms with van der Waals surface area (Å²) in [6.45, 7) is 4.09. The molecule has 1 aromatic heterocycles. The molecule has 2 heterocycles. The molecule has 2 rings (SSSR count). The van der Waals surface area contributed by atoms with Crippen LogP contribution in [0.25, 0.3) is 0 Å². The third kappa shape index (κ3) is 4.18. The van der Waals surface area contributed by atoms with Gasteiger partial charge >= 0.3 is 0 Å². The number of nitrogens with zero attached hydrogens (tertiary/aromatic N) is 2. The number of aromatic nitrogens is 1. The van der Waals surface area contributed by atoms with E-state index in [2.05, 4.69) is 10.3 Å². The fraction of sp³-hybridized carbons (Fsp3) is 0.615. The van der Waals surface area contributed by atoms with Crippen molar-refractivity contribution >= 4 is 15.8 Å². The van der Waals surface area contributed by atoms with Crippen molar-refractivity contribution in [3.05, 3.63) is 23.9 Å². The minimum atomic E-state index is -3.02. The Kier molecular flexibility index (Phi) is 4.42. The van der Waals surface area contributed by atoms with Gasteiger partial charge in [-0.3, -0.25) is 0 Å². The van der Waals surface area contributed by atoms with Crippen LogP contribution in [0.1, 0.15) is 18.5 Å². The van der Waals surface area contributed by atoms with E-state index in [4.69, 9.17) is 0 Å². The first-order valence-electron chi connectivity index (χ1n) is 6.58. The van der Waals surface area contributed by atoms with Gasteiger partial charge < -0.3 is 5.32 Å². The second-order valence-corrected chi connectivity index (χ2v) is 7.13. The first-order chi connectivity index (χ1) is 8.95. The highest BCUT2D eigenvalue weighted by Gasteiger charge is 2.24. The molecule has 0 saturated carbocycles. The van der Waals surface area contributed by atoms with Gasteiger partial charge in [0.2, 0.25) is 10.0 Å². The smallest absolute Gasteiger partial charge is 0.211 e. The second-order valence-electron chi connectivity index (χ2n) is 5.15. The van der Waals surface area contributed by atoms with Crippen LogP contribution in [0.5, 0.6) is 0 Å². The van der Waals surface area contributed by atoms with Crippen molar-refractivity contribution in [2.75, 3.05) is 31.2 Å². The molecule has 1 fully saturated rings. The molecule has 0 aromatic carbocycles. The second kappa shape index (κ2) is 5.88. The SMILES string of the molecule is Cc1cccc(NCC2CCN(S(C)(=O)=O)CC2)n1. The Labute approximate surface area is 115 Å². The van der Waals surface area contributed by atoms with Crippen LogP contribution in [-0.2, 0) is 10.0 Å². The van der Waals surface area contributed by atoms with E-state index in [1.807, 2.05) is 25.1 Å². The Morgan fingerprint density at radius 2 is 2.05 bits per heavy atom. The predicted octanol–water partition coefficient (Wildman–Crippen LogP) is 1.47. The first kappa shape index (κ1) is 14.3. The molecule has 1 saturated heterocycles. The maximum Gasteiger partial charge on any atom is 0.211 e. The number of anilines is 1. The Morgan fingerprint density at radius 1 is 1.37 bits per heavy atom. The van der Waals surface area contributed by atoms with Gasteiger partial charge in [-0.1, -0.05) is 6.07 Å². The van der Waals surface area contributed by atoms with E-state index in [1.165, 1.54) is 6.26 Å². The summed E-state index contributed by atoms with van der Waals surface area (Å²) >= 11 is 0. The Bertz CT molecular complexity index is 522. The van der Waals surface area contributed by atoms with Crippen molar-refractivity contribution in [3.8, 4) is 0 Å². The van der Waals surface area contributed by atoms with Crippen molar-refractivity contribution in [3.63, 3.8) is 0 Å². The quantitative estimate of drug-likeness (QED) is 0.909. The van der Waals surface area contributed by atoms with Crippen LogP contribution in [0, 0.1) is 12.8 Å². The van der Waals surface area contributed by atoms with Crippen LogP contribution in [-0.4, -0.2) is 43.6 Å². The standard InChI is InChI=1S/C13H21N3O2S/c1-11-4-3-5-13(15-11)14-10-12-6-8-16(9-7-12)19(2,17)18/h3-5,12H,6-10H2,1-2H3,(H,14,15). The summed E-state index contributed by atoms with van der Waals surface area (Å²) in [5, 5.41) is 3.33. The lowest BCUT2D eigenvalue weighted by molar-refractivity contribution is 0.283. The van der Waals surface area contributed by atoms with Crippen LogP contribution in [0.2, 0.25) is 0 Å². The van der Waals surface area contributed by atoms with E-state index in [1.54, 1.807) is 4.31 Å². The van der Waals surface area contributed by atoms with Gasteiger partial charge in [0.15, 0.2) is 0 Å². The van der Waals surface area contributed by atoms with Crippen LogP contribution in [0.15, 0.2) is 18.2 Å². The molecule has 19 heavy (non-hydrogen) atoms. The molecule has 1 N–H and O–H groups in total. The molecule has 0 radical (unpaired) electrons. The van der Waals surface area contributed by atoms with E-state index in [0.717, 1.165) is 30.9 Å². The topological polar surface area (TPSA) is 62.3 Å². The summed E-state index contributed by atoms with van der Waals surface area (Å²) in [5.74, 6) is 1.41. The van der Waals surface area contributed by atoms with Gasteiger partial charge in [-0.2, -0.15) is 0 Å². The van der Waals surface area contributed by atoms with Crippen LogP contribution in [0.3, 0.4) is 0 Å².